The maximum Gasteiger partial charge on any atom is 0.258 e. The zero-order valence-electron chi connectivity index (χ0n) is 15.8. The molecular weight excluding hydrogens is 356 g/mol. The topological polar surface area (TPSA) is 106 Å². The van der Waals surface area contributed by atoms with Crippen molar-refractivity contribution in [1.82, 2.24) is 25.4 Å². The SMILES string of the molecule is Cc1cnc(N[C@H]2CCC[C@H]2NC(=O)c2ccccc2-c2nc(C)no2)cn1. The van der Waals surface area contributed by atoms with E-state index in [1.807, 2.05) is 25.1 Å². The summed E-state index contributed by atoms with van der Waals surface area (Å²) in [6.07, 6.45) is 6.36. The molecule has 0 saturated heterocycles. The zero-order chi connectivity index (χ0) is 19.5. The van der Waals surface area contributed by atoms with Gasteiger partial charge in [0, 0.05) is 12.1 Å². The molecule has 1 saturated carbocycles. The Morgan fingerprint density at radius 3 is 2.68 bits per heavy atom. The first-order valence-corrected chi connectivity index (χ1v) is 9.36. The minimum atomic E-state index is -0.153. The zero-order valence-corrected chi connectivity index (χ0v) is 15.8. The quantitative estimate of drug-likeness (QED) is 0.703. The van der Waals surface area contributed by atoms with Gasteiger partial charge in [0.1, 0.15) is 5.82 Å². The Bertz CT molecular complexity index is 969. The number of anilines is 1. The van der Waals surface area contributed by atoms with Crippen LogP contribution >= 0.6 is 0 Å². The van der Waals surface area contributed by atoms with Crippen LogP contribution in [0.15, 0.2) is 41.2 Å². The largest absolute Gasteiger partial charge is 0.364 e. The molecule has 2 heterocycles. The number of carbonyl (C=O) groups excluding carboxylic acids is 1. The average molecular weight is 378 g/mol. The summed E-state index contributed by atoms with van der Waals surface area (Å²) in [5.74, 6) is 1.45. The Hall–Kier alpha value is -3.29. The highest BCUT2D eigenvalue weighted by Crippen LogP contribution is 2.25. The molecular formula is C20H22N6O2. The van der Waals surface area contributed by atoms with Gasteiger partial charge in [0.05, 0.1) is 29.2 Å². The number of hydrogen-bond acceptors (Lipinski definition) is 7. The second-order valence-electron chi connectivity index (χ2n) is 7.00. The summed E-state index contributed by atoms with van der Waals surface area (Å²) < 4.78 is 5.25. The number of aryl methyl sites for hydroxylation is 2. The fourth-order valence-corrected chi connectivity index (χ4v) is 3.48. The molecule has 4 rings (SSSR count). The molecule has 144 valence electrons. The van der Waals surface area contributed by atoms with Crippen molar-refractivity contribution in [3.05, 3.63) is 53.7 Å². The minimum Gasteiger partial charge on any atom is -0.364 e. The third kappa shape index (κ3) is 3.85. The molecule has 1 aromatic carbocycles. The maximum atomic E-state index is 13.0. The monoisotopic (exact) mass is 378 g/mol. The predicted molar refractivity (Wildman–Crippen MR) is 104 cm³/mol. The normalized spacial score (nSPS) is 18.8. The Morgan fingerprint density at radius 1 is 1.11 bits per heavy atom. The number of carbonyl (C=O) groups is 1. The molecule has 1 fully saturated rings. The molecule has 0 spiro atoms. The van der Waals surface area contributed by atoms with E-state index < -0.39 is 0 Å². The van der Waals surface area contributed by atoms with Crippen molar-refractivity contribution in [2.75, 3.05) is 5.32 Å². The van der Waals surface area contributed by atoms with E-state index >= 15 is 0 Å². The van der Waals surface area contributed by atoms with Crippen LogP contribution in [0.3, 0.4) is 0 Å². The van der Waals surface area contributed by atoms with E-state index in [2.05, 4.69) is 30.7 Å². The van der Waals surface area contributed by atoms with E-state index in [4.69, 9.17) is 4.52 Å². The van der Waals surface area contributed by atoms with Crippen molar-refractivity contribution >= 4 is 11.7 Å². The molecule has 8 heteroatoms. The Morgan fingerprint density at radius 2 is 1.93 bits per heavy atom. The van der Waals surface area contributed by atoms with E-state index in [1.165, 1.54) is 0 Å². The molecule has 1 amide bonds. The second kappa shape index (κ2) is 7.75. The number of nitrogens with zero attached hydrogens (tertiary/aromatic N) is 4. The van der Waals surface area contributed by atoms with Crippen molar-refractivity contribution < 1.29 is 9.32 Å². The van der Waals surface area contributed by atoms with Gasteiger partial charge in [-0.3, -0.25) is 9.78 Å². The summed E-state index contributed by atoms with van der Waals surface area (Å²) >= 11 is 0. The van der Waals surface area contributed by atoms with Crippen molar-refractivity contribution in [3.8, 4) is 11.5 Å². The predicted octanol–water partition coefficient (Wildman–Crippen LogP) is 2.91. The molecule has 28 heavy (non-hydrogen) atoms. The van der Waals surface area contributed by atoms with Crippen LogP contribution in [0.25, 0.3) is 11.5 Å². The van der Waals surface area contributed by atoms with Crippen LogP contribution in [0.1, 0.15) is 41.1 Å². The van der Waals surface area contributed by atoms with Gasteiger partial charge in [-0.25, -0.2) is 4.98 Å². The van der Waals surface area contributed by atoms with Gasteiger partial charge >= 0.3 is 0 Å². The van der Waals surface area contributed by atoms with Gasteiger partial charge in [-0.15, -0.1) is 0 Å². The highest BCUT2D eigenvalue weighted by atomic mass is 16.5. The first-order chi connectivity index (χ1) is 13.6. The Balaban J connectivity index is 1.49. The van der Waals surface area contributed by atoms with Crippen molar-refractivity contribution in [2.45, 2.75) is 45.2 Å². The van der Waals surface area contributed by atoms with Gasteiger partial charge in [0.25, 0.3) is 11.8 Å². The number of benzene rings is 1. The van der Waals surface area contributed by atoms with Crippen LogP contribution in [0.4, 0.5) is 5.82 Å². The molecule has 1 aliphatic rings. The number of amides is 1. The standard InChI is InChI=1S/C20H22N6O2/c1-12-10-22-18(11-21-12)24-16-8-5-9-17(16)25-19(27)14-6-3-4-7-15(14)20-23-13(2)26-28-20/h3-4,6-7,10-11,16-17H,5,8-9H2,1-2H3,(H,22,24)(H,25,27)/t16-,17+/m0/s1. The highest BCUT2D eigenvalue weighted by molar-refractivity contribution is 6.00. The third-order valence-electron chi connectivity index (χ3n) is 4.88. The smallest absolute Gasteiger partial charge is 0.258 e. The Kier molecular flexibility index (Phi) is 5.01. The summed E-state index contributed by atoms with van der Waals surface area (Å²) in [5.41, 5.74) is 2.02. The van der Waals surface area contributed by atoms with Gasteiger partial charge in [0.2, 0.25) is 0 Å². The van der Waals surface area contributed by atoms with E-state index in [1.54, 1.807) is 25.4 Å². The highest BCUT2D eigenvalue weighted by Gasteiger charge is 2.30. The van der Waals surface area contributed by atoms with E-state index in [-0.39, 0.29) is 18.0 Å². The lowest BCUT2D eigenvalue weighted by Gasteiger charge is -2.23. The van der Waals surface area contributed by atoms with Crippen LogP contribution in [-0.4, -0.2) is 38.1 Å². The van der Waals surface area contributed by atoms with E-state index in [9.17, 15) is 4.79 Å². The number of hydrogen-bond donors (Lipinski definition) is 2. The summed E-state index contributed by atoms with van der Waals surface area (Å²) in [7, 11) is 0. The van der Waals surface area contributed by atoms with E-state index in [0.717, 1.165) is 30.8 Å². The molecule has 2 atom stereocenters. The van der Waals surface area contributed by atoms with E-state index in [0.29, 0.717) is 22.8 Å². The number of aromatic nitrogens is 4. The van der Waals surface area contributed by atoms with Crippen LogP contribution < -0.4 is 10.6 Å². The molecule has 0 radical (unpaired) electrons. The summed E-state index contributed by atoms with van der Waals surface area (Å²) in [5, 5.41) is 10.4. The third-order valence-corrected chi connectivity index (χ3v) is 4.88. The average Bonchev–Trinajstić information content (AvgIpc) is 3.32. The summed E-state index contributed by atoms with van der Waals surface area (Å²) in [6, 6.07) is 7.38. The Labute approximate surface area is 162 Å². The molecule has 1 aliphatic carbocycles. The van der Waals surface area contributed by atoms with Crippen LogP contribution in [0.2, 0.25) is 0 Å². The van der Waals surface area contributed by atoms with Gasteiger partial charge < -0.3 is 15.2 Å². The molecule has 0 unspecified atom stereocenters. The molecule has 8 nitrogen and oxygen atoms in total. The molecule has 0 aliphatic heterocycles. The maximum absolute atomic E-state index is 13.0. The lowest BCUT2D eigenvalue weighted by atomic mass is 10.1. The fraction of sp³-hybridized carbons (Fsp3) is 0.350. The van der Waals surface area contributed by atoms with Gasteiger partial charge in [-0.05, 0) is 45.2 Å². The van der Waals surface area contributed by atoms with Crippen molar-refractivity contribution in [3.63, 3.8) is 0 Å². The summed E-state index contributed by atoms with van der Waals surface area (Å²) in [6.45, 7) is 3.65. The first kappa shape index (κ1) is 18.1. The summed E-state index contributed by atoms with van der Waals surface area (Å²) in [4.78, 5) is 25.9. The number of nitrogens with one attached hydrogen (secondary N) is 2. The molecule has 0 bridgehead atoms. The lowest BCUT2D eigenvalue weighted by molar-refractivity contribution is 0.0936. The van der Waals surface area contributed by atoms with Crippen LogP contribution in [0, 0.1) is 13.8 Å². The lowest BCUT2D eigenvalue weighted by Crippen LogP contribution is -2.43. The van der Waals surface area contributed by atoms with Crippen LogP contribution in [0.5, 0.6) is 0 Å². The molecule has 2 N–H and O–H groups in total. The minimum absolute atomic E-state index is 0.00748. The van der Waals surface area contributed by atoms with Crippen LogP contribution in [-0.2, 0) is 0 Å². The molecule has 2 aromatic heterocycles. The van der Waals surface area contributed by atoms with Gasteiger partial charge in [0.15, 0.2) is 5.82 Å². The van der Waals surface area contributed by atoms with Crippen molar-refractivity contribution in [1.29, 1.82) is 0 Å². The second-order valence-corrected chi connectivity index (χ2v) is 7.00. The van der Waals surface area contributed by atoms with Crippen molar-refractivity contribution in [2.24, 2.45) is 0 Å². The fourth-order valence-electron chi connectivity index (χ4n) is 3.48. The molecule has 3 aromatic rings. The van der Waals surface area contributed by atoms with Gasteiger partial charge in [-0.2, -0.15) is 4.98 Å². The number of rotatable bonds is 5. The van der Waals surface area contributed by atoms with Gasteiger partial charge in [-0.1, -0.05) is 17.3 Å². The first-order valence-electron chi connectivity index (χ1n) is 9.36.